The first kappa shape index (κ1) is 25.9. The van der Waals surface area contributed by atoms with E-state index in [4.69, 9.17) is 9.47 Å². The van der Waals surface area contributed by atoms with Gasteiger partial charge in [-0.15, -0.1) is 5.10 Å². The number of rotatable bonds is 9. The molecule has 4 aromatic rings. The Morgan fingerprint density at radius 2 is 1.55 bits per heavy atom. The van der Waals surface area contributed by atoms with E-state index in [0.717, 1.165) is 34.9 Å². The van der Waals surface area contributed by atoms with Crippen molar-refractivity contribution in [1.82, 2.24) is 15.0 Å². The van der Waals surface area contributed by atoms with E-state index in [-0.39, 0.29) is 12.3 Å². The van der Waals surface area contributed by atoms with Crippen LogP contribution in [-0.4, -0.2) is 47.8 Å². The molecule has 1 aliphatic heterocycles. The predicted octanol–water partition coefficient (Wildman–Crippen LogP) is 6.32. The average Bonchev–Trinajstić information content (AvgIpc) is 3.36. The number of piperidine rings is 1. The maximum Gasteiger partial charge on any atom is 0.361 e. The fraction of sp³-hybridized carbons (Fsp3) is 0.300. The monoisotopic (exact) mass is 528 g/mol. The van der Waals surface area contributed by atoms with E-state index in [9.17, 15) is 4.79 Å². The van der Waals surface area contributed by atoms with E-state index in [1.165, 1.54) is 42.3 Å². The fourth-order valence-corrected chi connectivity index (χ4v) is 5.51. The van der Waals surface area contributed by atoms with Crippen LogP contribution < -0.4 is 9.64 Å². The molecular formula is C30H32N4O3S. The zero-order chi connectivity index (χ0) is 26.3. The third-order valence-corrected chi connectivity index (χ3v) is 7.75. The molecule has 8 heteroatoms. The molecule has 5 rings (SSSR count). The molecule has 0 N–H and O–H groups in total. The van der Waals surface area contributed by atoms with Gasteiger partial charge in [0, 0.05) is 23.7 Å². The van der Waals surface area contributed by atoms with Crippen LogP contribution in [-0.2, 0) is 11.3 Å². The third-order valence-electron chi connectivity index (χ3n) is 6.64. The molecule has 38 heavy (non-hydrogen) atoms. The van der Waals surface area contributed by atoms with Gasteiger partial charge in [-0.25, -0.2) is 9.48 Å². The van der Waals surface area contributed by atoms with Crippen LogP contribution in [0.1, 0.15) is 42.2 Å². The van der Waals surface area contributed by atoms with Crippen molar-refractivity contribution in [3.8, 4) is 16.9 Å². The van der Waals surface area contributed by atoms with Crippen molar-refractivity contribution in [2.45, 2.75) is 42.7 Å². The van der Waals surface area contributed by atoms with E-state index in [1.54, 1.807) is 18.7 Å². The van der Waals surface area contributed by atoms with E-state index in [1.807, 2.05) is 24.3 Å². The standard InChI is InChI=1S/C30H32N4O3S/c1-3-37-30(35)28-29(34(32-31-28)21-22-7-15-26(36-2)16-8-22)38-27-17-11-24(12-18-27)23-9-13-25(14-10-23)33-19-5-4-6-20-33/h7-18H,3-6,19-21H2,1-2H3. The number of esters is 1. The lowest BCUT2D eigenvalue weighted by Gasteiger charge is -2.28. The topological polar surface area (TPSA) is 69.5 Å². The van der Waals surface area contributed by atoms with E-state index >= 15 is 0 Å². The Bertz CT molecular complexity index is 1350. The van der Waals surface area contributed by atoms with E-state index in [2.05, 4.69) is 63.7 Å². The molecule has 3 aromatic carbocycles. The Morgan fingerprint density at radius 3 is 2.18 bits per heavy atom. The lowest BCUT2D eigenvalue weighted by Crippen LogP contribution is -2.29. The minimum atomic E-state index is -0.471. The van der Waals surface area contributed by atoms with Crippen LogP contribution in [0.5, 0.6) is 5.75 Å². The summed E-state index contributed by atoms with van der Waals surface area (Å²) >= 11 is 1.46. The van der Waals surface area contributed by atoms with Crippen molar-refractivity contribution >= 4 is 23.4 Å². The highest BCUT2D eigenvalue weighted by molar-refractivity contribution is 7.99. The lowest BCUT2D eigenvalue weighted by molar-refractivity contribution is 0.0515. The quantitative estimate of drug-likeness (QED) is 0.236. The summed E-state index contributed by atoms with van der Waals surface area (Å²) in [5.74, 6) is 0.316. The zero-order valence-corrected chi connectivity index (χ0v) is 22.6. The first-order valence-corrected chi connectivity index (χ1v) is 13.8. The van der Waals surface area contributed by atoms with Gasteiger partial charge in [0.15, 0.2) is 0 Å². The maximum atomic E-state index is 12.6. The SMILES string of the molecule is CCOC(=O)c1nnn(Cc2ccc(OC)cc2)c1Sc1ccc(-c2ccc(N3CCCCC3)cc2)cc1. The molecule has 1 saturated heterocycles. The summed E-state index contributed by atoms with van der Waals surface area (Å²) in [5, 5.41) is 9.09. The second-order valence-electron chi connectivity index (χ2n) is 9.19. The number of anilines is 1. The number of aromatic nitrogens is 3. The number of nitrogens with zero attached hydrogens (tertiary/aromatic N) is 4. The highest BCUT2D eigenvalue weighted by atomic mass is 32.2. The van der Waals surface area contributed by atoms with Crippen LogP contribution in [0.4, 0.5) is 5.69 Å². The van der Waals surface area contributed by atoms with Crippen LogP contribution in [0.2, 0.25) is 0 Å². The van der Waals surface area contributed by atoms with Gasteiger partial charge in [0.1, 0.15) is 10.8 Å². The second kappa shape index (κ2) is 12.2. The Balaban J connectivity index is 1.34. The number of methoxy groups -OCH3 is 1. The van der Waals surface area contributed by atoms with Gasteiger partial charge in [-0.2, -0.15) is 0 Å². The van der Waals surface area contributed by atoms with Gasteiger partial charge < -0.3 is 14.4 Å². The van der Waals surface area contributed by atoms with Crippen LogP contribution in [0, 0.1) is 0 Å². The molecule has 0 saturated carbocycles. The van der Waals surface area contributed by atoms with Crippen molar-refractivity contribution in [3.63, 3.8) is 0 Å². The molecule has 0 aliphatic carbocycles. The molecule has 1 aromatic heterocycles. The fourth-order valence-electron chi connectivity index (χ4n) is 4.58. The highest BCUT2D eigenvalue weighted by Crippen LogP contribution is 2.33. The third kappa shape index (κ3) is 6.02. The summed E-state index contributed by atoms with van der Waals surface area (Å²) in [7, 11) is 1.64. The Kier molecular flexibility index (Phi) is 8.28. The first-order chi connectivity index (χ1) is 18.6. The van der Waals surface area contributed by atoms with Crippen LogP contribution in [0.25, 0.3) is 11.1 Å². The number of carbonyl (C=O) groups excluding carboxylic acids is 1. The summed E-state index contributed by atoms with van der Waals surface area (Å²) in [4.78, 5) is 16.1. The smallest absolute Gasteiger partial charge is 0.361 e. The number of benzene rings is 3. The Labute approximate surface area is 227 Å². The highest BCUT2D eigenvalue weighted by Gasteiger charge is 2.22. The minimum Gasteiger partial charge on any atom is -0.497 e. The van der Waals surface area contributed by atoms with E-state index < -0.39 is 5.97 Å². The first-order valence-electron chi connectivity index (χ1n) is 13.0. The van der Waals surface area contributed by atoms with Gasteiger partial charge in [0.25, 0.3) is 0 Å². The molecule has 0 bridgehead atoms. The van der Waals surface area contributed by atoms with Crippen molar-refractivity contribution in [3.05, 3.63) is 84.1 Å². The zero-order valence-electron chi connectivity index (χ0n) is 21.8. The van der Waals surface area contributed by atoms with Crippen LogP contribution >= 0.6 is 11.8 Å². The van der Waals surface area contributed by atoms with Gasteiger partial charge in [-0.1, -0.05) is 53.4 Å². The summed E-state index contributed by atoms with van der Waals surface area (Å²) < 4.78 is 12.2. The van der Waals surface area contributed by atoms with Gasteiger partial charge in [0.05, 0.1) is 20.3 Å². The summed E-state index contributed by atoms with van der Waals surface area (Å²) in [5.41, 5.74) is 4.87. The number of hydrogen-bond acceptors (Lipinski definition) is 7. The Hall–Kier alpha value is -3.78. The molecule has 7 nitrogen and oxygen atoms in total. The van der Waals surface area contributed by atoms with Gasteiger partial charge >= 0.3 is 5.97 Å². The number of carbonyl (C=O) groups is 1. The minimum absolute atomic E-state index is 0.225. The van der Waals surface area contributed by atoms with Gasteiger partial charge in [-0.05, 0) is 79.3 Å². The normalized spacial score (nSPS) is 13.4. The van der Waals surface area contributed by atoms with Gasteiger partial charge in [-0.3, -0.25) is 0 Å². The molecule has 1 fully saturated rings. The maximum absolute atomic E-state index is 12.6. The second-order valence-corrected chi connectivity index (χ2v) is 10.3. The molecule has 2 heterocycles. The molecule has 0 atom stereocenters. The number of hydrogen-bond donors (Lipinski definition) is 0. The van der Waals surface area contributed by atoms with Crippen LogP contribution in [0.3, 0.4) is 0 Å². The van der Waals surface area contributed by atoms with Crippen LogP contribution in [0.15, 0.2) is 82.7 Å². The molecule has 0 radical (unpaired) electrons. The Morgan fingerprint density at radius 1 is 0.895 bits per heavy atom. The molecular weight excluding hydrogens is 496 g/mol. The van der Waals surface area contributed by atoms with Gasteiger partial charge in [0.2, 0.25) is 5.69 Å². The molecule has 196 valence electrons. The molecule has 0 unspecified atom stereocenters. The molecule has 0 spiro atoms. The molecule has 0 amide bonds. The lowest BCUT2D eigenvalue weighted by atomic mass is 10.0. The summed E-state index contributed by atoms with van der Waals surface area (Å²) in [6, 6.07) is 24.9. The van der Waals surface area contributed by atoms with E-state index in [0.29, 0.717) is 11.6 Å². The van der Waals surface area contributed by atoms with Crippen molar-refractivity contribution in [2.24, 2.45) is 0 Å². The van der Waals surface area contributed by atoms with Crippen molar-refractivity contribution < 1.29 is 14.3 Å². The molecule has 1 aliphatic rings. The predicted molar refractivity (Wildman–Crippen MR) is 150 cm³/mol. The average molecular weight is 529 g/mol. The number of ether oxygens (including phenoxy) is 2. The largest absolute Gasteiger partial charge is 0.497 e. The summed E-state index contributed by atoms with van der Waals surface area (Å²) in [6.45, 7) is 4.82. The van der Waals surface area contributed by atoms with Crippen molar-refractivity contribution in [1.29, 1.82) is 0 Å². The summed E-state index contributed by atoms with van der Waals surface area (Å²) in [6.07, 6.45) is 3.87. The van der Waals surface area contributed by atoms with Crippen molar-refractivity contribution in [2.75, 3.05) is 31.7 Å².